The van der Waals surface area contributed by atoms with Gasteiger partial charge in [0.2, 0.25) is 11.8 Å². The van der Waals surface area contributed by atoms with Gasteiger partial charge in [-0.2, -0.15) is 5.10 Å². The Morgan fingerprint density at radius 1 is 1.16 bits per heavy atom. The molecule has 6 rings (SSSR count). The van der Waals surface area contributed by atoms with E-state index in [1.807, 2.05) is 6.07 Å². The Labute approximate surface area is 264 Å². The summed E-state index contributed by atoms with van der Waals surface area (Å²) in [6.07, 6.45) is 4.38. The molecule has 0 unspecified atom stereocenters. The Morgan fingerprint density at radius 2 is 1.98 bits per heavy atom. The van der Waals surface area contributed by atoms with Gasteiger partial charge in [-0.05, 0) is 73.2 Å². The maximum atomic E-state index is 15.5. The maximum absolute atomic E-state index is 15.5. The maximum Gasteiger partial charge on any atom is 0.279 e. The van der Waals surface area contributed by atoms with E-state index >= 15 is 4.39 Å². The Balaban J connectivity index is 1.32. The first kappa shape index (κ1) is 30.4. The lowest BCUT2D eigenvalue weighted by Crippen LogP contribution is -2.36. The normalized spacial score (nSPS) is 17.2. The highest BCUT2D eigenvalue weighted by Crippen LogP contribution is 2.44. The molecule has 10 nitrogen and oxygen atoms in total. The lowest BCUT2D eigenvalue weighted by molar-refractivity contribution is -0.119. The first-order valence-electron chi connectivity index (χ1n) is 14.7. The summed E-state index contributed by atoms with van der Waals surface area (Å²) in [5.74, 6) is -0.585. The van der Waals surface area contributed by atoms with Gasteiger partial charge >= 0.3 is 0 Å². The van der Waals surface area contributed by atoms with Crippen LogP contribution in [0.4, 0.5) is 10.1 Å². The molecular formula is C33H32ClFN6O4. The van der Waals surface area contributed by atoms with Crippen molar-refractivity contribution in [2.24, 2.45) is 7.05 Å². The summed E-state index contributed by atoms with van der Waals surface area (Å²) < 4.78 is 22.3. The zero-order chi connectivity index (χ0) is 31.8. The molecular weight excluding hydrogens is 599 g/mol. The summed E-state index contributed by atoms with van der Waals surface area (Å²) in [6, 6.07) is 11.5. The van der Waals surface area contributed by atoms with Crippen molar-refractivity contribution in [3.05, 3.63) is 92.1 Å². The van der Waals surface area contributed by atoms with Crippen molar-refractivity contribution in [1.29, 1.82) is 0 Å². The first-order valence-corrected chi connectivity index (χ1v) is 15.1. The van der Waals surface area contributed by atoms with Gasteiger partial charge in [-0.3, -0.25) is 14.4 Å². The van der Waals surface area contributed by atoms with Crippen molar-refractivity contribution in [2.75, 3.05) is 19.0 Å². The summed E-state index contributed by atoms with van der Waals surface area (Å²) in [4.78, 5) is 41.8. The largest absolute Gasteiger partial charge is 0.481 e. The summed E-state index contributed by atoms with van der Waals surface area (Å²) >= 11 is 6.95. The topological polar surface area (TPSA) is 127 Å². The van der Waals surface area contributed by atoms with Gasteiger partial charge in [0.1, 0.15) is 11.4 Å². The van der Waals surface area contributed by atoms with E-state index in [-0.39, 0.29) is 34.1 Å². The van der Waals surface area contributed by atoms with E-state index in [4.69, 9.17) is 21.3 Å². The molecule has 45 heavy (non-hydrogen) atoms. The van der Waals surface area contributed by atoms with Gasteiger partial charge in [0.25, 0.3) is 11.5 Å². The number of nitrogens with zero attached hydrogens (tertiary/aromatic N) is 3. The number of benzene rings is 2. The number of aryl methyl sites for hydroxylation is 2. The number of halogens is 2. The molecule has 1 aliphatic heterocycles. The lowest BCUT2D eigenvalue weighted by atomic mass is 9.95. The van der Waals surface area contributed by atoms with Crippen LogP contribution < -0.4 is 26.2 Å². The minimum atomic E-state index is -0.603. The molecule has 0 bridgehead atoms. The van der Waals surface area contributed by atoms with Crippen LogP contribution in [0.2, 0.25) is 5.02 Å². The Hall–Kier alpha value is -4.61. The number of aromatic nitrogens is 3. The number of hydrogen-bond acceptors (Lipinski definition) is 7. The second-order valence-electron chi connectivity index (χ2n) is 11.3. The summed E-state index contributed by atoms with van der Waals surface area (Å²) in [5.41, 5.74) is 4.16. The van der Waals surface area contributed by atoms with Crippen LogP contribution in [0.15, 0.2) is 53.5 Å². The van der Waals surface area contributed by atoms with Crippen LogP contribution in [-0.2, 0) is 18.3 Å². The minimum absolute atomic E-state index is 0.0289. The number of methoxy groups -OCH3 is 1. The van der Waals surface area contributed by atoms with E-state index < -0.39 is 17.3 Å². The van der Waals surface area contributed by atoms with Crippen molar-refractivity contribution in [3.63, 3.8) is 0 Å². The molecule has 12 heteroatoms. The lowest BCUT2D eigenvalue weighted by Gasteiger charge is -2.20. The molecule has 4 aromatic rings. The zero-order valence-corrected chi connectivity index (χ0v) is 25.8. The fraction of sp³-hybridized carbons (Fsp3) is 0.303. The molecule has 0 saturated carbocycles. The third-order valence-corrected chi connectivity index (χ3v) is 8.91. The van der Waals surface area contributed by atoms with E-state index in [0.29, 0.717) is 46.9 Å². The number of nitrogens with one attached hydrogen (secondary N) is 3. The van der Waals surface area contributed by atoms with Crippen LogP contribution >= 0.6 is 11.6 Å². The van der Waals surface area contributed by atoms with Crippen molar-refractivity contribution < 1.29 is 18.7 Å². The van der Waals surface area contributed by atoms with Crippen LogP contribution in [0.1, 0.15) is 52.4 Å². The molecule has 3 N–H and O–H groups in total. The summed E-state index contributed by atoms with van der Waals surface area (Å²) in [5, 5.41) is 13.3. The number of amides is 2. The van der Waals surface area contributed by atoms with Crippen molar-refractivity contribution >= 4 is 29.1 Å². The van der Waals surface area contributed by atoms with Crippen LogP contribution in [0.25, 0.3) is 22.4 Å². The molecule has 232 valence electrons. The van der Waals surface area contributed by atoms with Gasteiger partial charge in [0.05, 0.1) is 17.8 Å². The number of carbonyl (C=O) groups excluding carboxylic acids is 2. The third-order valence-electron chi connectivity index (χ3n) is 8.52. The molecule has 1 aliphatic carbocycles. The van der Waals surface area contributed by atoms with Crippen LogP contribution in [-0.4, -0.2) is 46.3 Å². The van der Waals surface area contributed by atoms with Crippen molar-refractivity contribution in [1.82, 2.24) is 25.4 Å². The van der Waals surface area contributed by atoms with Crippen molar-refractivity contribution in [2.45, 2.75) is 44.7 Å². The predicted molar refractivity (Wildman–Crippen MR) is 169 cm³/mol. The van der Waals surface area contributed by atoms with Gasteiger partial charge in [-0.15, -0.1) is 0 Å². The average molecular weight is 631 g/mol. The highest BCUT2D eigenvalue weighted by Gasteiger charge is 2.30. The number of fused-ring (bicyclic) bond motifs is 1. The van der Waals surface area contributed by atoms with Gasteiger partial charge < -0.3 is 20.7 Å². The van der Waals surface area contributed by atoms with E-state index in [2.05, 4.69) is 21.0 Å². The fourth-order valence-corrected chi connectivity index (χ4v) is 6.48. The summed E-state index contributed by atoms with van der Waals surface area (Å²) in [6.45, 7) is 2.41. The number of ether oxygens (including phenoxy) is 1. The third kappa shape index (κ3) is 5.81. The fourth-order valence-electron chi connectivity index (χ4n) is 6.13. The van der Waals surface area contributed by atoms with E-state index in [1.54, 1.807) is 38.3 Å². The zero-order valence-electron chi connectivity index (χ0n) is 25.0. The molecule has 1 fully saturated rings. The van der Waals surface area contributed by atoms with Gasteiger partial charge in [0, 0.05) is 60.7 Å². The molecule has 2 aromatic heterocycles. The molecule has 2 amide bonds. The first-order chi connectivity index (χ1) is 21.7. The highest BCUT2D eigenvalue weighted by molar-refractivity contribution is 6.36. The van der Waals surface area contributed by atoms with E-state index in [0.717, 1.165) is 35.1 Å². The average Bonchev–Trinajstić information content (AvgIpc) is 3.64. The number of hydrogen-bond donors (Lipinski definition) is 3. The molecule has 0 radical (unpaired) electrons. The quantitative estimate of drug-likeness (QED) is 0.257. The van der Waals surface area contributed by atoms with Crippen molar-refractivity contribution in [3.8, 4) is 28.3 Å². The monoisotopic (exact) mass is 630 g/mol. The van der Waals surface area contributed by atoms with Crippen LogP contribution in [0.3, 0.4) is 0 Å². The molecule has 1 saturated heterocycles. The van der Waals surface area contributed by atoms with E-state index in [9.17, 15) is 14.4 Å². The molecule has 2 atom stereocenters. The highest BCUT2D eigenvalue weighted by atomic mass is 35.5. The minimum Gasteiger partial charge on any atom is -0.481 e. The standard InChI is InChI=1S/C33H32ClFN6O4/c1-17-20(5-4-6-24(17)39-31(43)22-13-14-37-41(2)33(22)44)29-23(35)10-9-21(30(29)34)26-15-18-7-11-25(28(18)32(40-26)45-3)36-16-19-8-12-27(42)38-19/h4-6,9-10,13-15,19,25,36H,7-8,11-12,16H2,1-3H3,(H,38,42)(H,39,43)/t19-,25-/m0/s1. The second-order valence-corrected chi connectivity index (χ2v) is 11.7. The van der Waals surface area contributed by atoms with Gasteiger partial charge in [-0.1, -0.05) is 23.7 Å². The van der Waals surface area contributed by atoms with Crippen LogP contribution in [0.5, 0.6) is 5.88 Å². The second kappa shape index (κ2) is 12.4. The number of rotatable bonds is 8. The number of pyridine rings is 1. The summed E-state index contributed by atoms with van der Waals surface area (Å²) in [7, 11) is 3.03. The van der Waals surface area contributed by atoms with E-state index in [1.165, 1.54) is 25.4 Å². The van der Waals surface area contributed by atoms with Gasteiger partial charge in [-0.25, -0.2) is 14.1 Å². The predicted octanol–water partition coefficient (Wildman–Crippen LogP) is 4.73. The molecule has 2 aliphatic rings. The number of carbonyl (C=O) groups is 2. The molecule has 2 aromatic carbocycles. The molecule has 0 spiro atoms. The number of anilines is 1. The van der Waals surface area contributed by atoms with Gasteiger partial charge in [0.15, 0.2) is 0 Å². The van der Waals surface area contributed by atoms with Crippen LogP contribution in [0, 0.1) is 12.7 Å². The Morgan fingerprint density at radius 3 is 2.73 bits per heavy atom. The molecule has 3 heterocycles. The SMILES string of the molecule is COc1nc(-c2ccc(F)c(-c3cccc(NC(=O)c4ccnn(C)c4=O)c3C)c2Cl)cc2c1[C@@H](NC[C@@H]1CCC(=O)N1)CC2. The smallest absolute Gasteiger partial charge is 0.279 e. The Bertz CT molecular complexity index is 1890. The Kier molecular flexibility index (Phi) is 8.39.